The summed E-state index contributed by atoms with van der Waals surface area (Å²) >= 11 is 0. The van der Waals surface area contributed by atoms with Crippen molar-refractivity contribution in [2.75, 3.05) is 11.9 Å². The lowest BCUT2D eigenvalue weighted by Crippen LogP contribution is -2.86. The average Bonchev–Trinajstić information content (AvgIpc) is 2.85. The number of carbonyl (C=O) groups is 1. The van der Waals surface area contributed by atoms with Gasteiger partial charge < -0.3 is 10.6 Å². The maximum Gasteiger partial charge on any atom is 0.279 e. The summed E-state index contributed by atoms with van der Waals surface area (Å²) in [5, 5.41) is 11.9. The molecule has 0 aliphatic heterocycles. The zero-order chi connectivity index (χ0) is 18.0. The second-order valence-electron chi connectivity index (χ2n) is 6.51. The van der Waals surface area contributed by atoms with E-state index < -0.39 is 0 Å². The Bertz CT molecular complexity index is 908. The molecule has 0 saturated heterocycles. The molecule has 25 heavy (non-hydrogen) atoms. The number of hydrogen-bond acceptors (Lipinski definition) is 2. The molecule has 0 radical (unpaired) electrons. The first-order valence-electron chi connectivity index (χ1n) is 8.58. The van der Waals surface area contributed by atoms with E-state index in [0.717, 1.165) is 17.1 Å². The number of amides is 1. The molecule has 3 N–H and O–H groups in total. The first-order valence-corrected chi connectivity index (χ1v) is 8.58. The van der Waals surface area contributed by atoms with Crippen LogP contribution in [0.2, 0.25) is 0 Å². The van der Waals surface area contributed by atoms with Crippen molar-refractivity contribution in [2.45, 2.75) is 26.8 Å². The minimum Gasteiger partial charge on any atom is -0.332 e. The lowest BCUT2D eigenvalue weighted by molar-refractivity contribution is -0.682. The van der Waals surface area contributed by atoms with Gasteiger partial charge in [-0.05, 0) is 31.5 Å². The quantitative estimate of drug-likeness (QED) is 0.751. The van der Waals surface area contributed by atoms with Crippen molar-refractivity contribution in [3.63, 3.8) is 0 Å². The van der Waals surface area contributed by atoms with Crippen molar-refractivity contribution in [1.82, 2.24) is 9.78 Å². The first-order chi connectivity index (χ1) is 12.0. The molecule has 0 aliphatic carbocycles. The number of hydrogen-bond donors (Lipinski definition) is 2. The third kappa shape index (κ3) is 3.56. The van der Waals surface area contributed by atoms with E-state index in [9.17, 15) is 4.79 Å². The van der Waals surface area contributed by atoms with Crippen LogP contribution in [0, 0.1) is 13.8 Å². The van der Waals surface area contributed by atoms with E-state index in [1.165, 1.54) is 16.3 Å². The normalized spacial score (nSPS) is 12.3. The summed E-state index contributed by atoms with van der Waals surface area (Å²) in [6.07, 6.45) is 0. The van der Waals surface area contributed by atoms with Crippen molar-refractivity contribution in [3.05, 3.63) is 59.4 Å². The predicted molar refractivity (Wildman–Crippen MR) is 100 cm³/mol. The number of rotatable bonds is 5. The number of nitrogens with zero attached hydrogens (tertiary/aromatic N) is 2. The SMILES string of the molecule is Cc1nn(C)c(C)c1NC(=O)C[NH2+][C@@H](C)c1cccc2ccccc12. The van der Waals surface area contributed by atoms with Gasteiger partial charge in [0.1, 0.15) is 6.04 Å². The molecule has 2 aromatic carbocycles. The molecule has 0 saturated carbocycles. The zero-order valence-corrected chi connectivity index (χ0v) is 15.2. The molecule has 3 rings (SSSR count). The molecule has 5 heteroatoms. The fourth-order valence-corrected chi connectivity index (χ4v) is 3.20. The van der Waals surface area contributed by atoms with Crippen LogP contribution >= 0.6 is 0 Å². The van der Waals surface area contributed by atoms with Gasteiger partial charge in [-0.3, -0.25) is 9.48 Å². The number of aromatic nitrogens is 2. The van der Waals surface area contributed by atoms with Crippen LogP contribution in [0.5, 0.6) is 0 Å². The van der Waals surface area contributed by atoms with Crippen molar-refractivity contribution in [1.29, 1.82) is 0 Å². The van der Waals surface area contributed by atoms with Gasteiger partial charge >= 0.3 is 0 Å². The minimum atomic E-state index is -0.00807. The van der Waals surface area contributed by atoms with Crippen molar-refractivity contribution < 1.29 is 10.1 Å². The highest BCUT2D eigenvalue weighted by atomic mass is 16.1. The lowest BCUT2D eigenvalue weighted by atomic mass is 10.00. The third-order valence-electron chi connectivity index (χ3n) is 4.74. The molecule has 0 spiro atoms. The number of fused-ring (bicyclic) bond motifs is 1. The summed E-state index contributed by atoms with van der Waals surface area (Å²) in [5.41, 5.74) is 3.88. The van der Waals surface area contributed by atoms with E-state index in [1.807, 2.05) is 27.0 Å². The topological polar surface area (TPSA) is 63.5 Å². The Hall–Kier alpha value is -2.66. The highest BCUT2D eigenvalue weighted by Gasteiger charge is 2.16. The zero-order valence-electron chi connectivity index (χ0n) is 15.2. The number of carbonyl (C=O) groups excluding carboxylic acids is 1. The van der Waals surface area contributed by atoms with Crippen LogP contribution in [0.3, 0.4) is 0 Å². The predicted octanol–water partition coefficient (Wildman–Crippen LogP) is 2.45. The van der Waals surface area contributed by atoms with Gasteiger partial charge in [-0.2, -0.15) is 5.10 Å². The van der Waals surface area contributed by atoms with Crippen LogP contribution in [-0.2, 0) is 11.8 Å². The Labute approximate surface area is 148 Å². The van der Waals surface area contributed by atoms with Crippen molar-refractivity contribution in [2.24, 2.45) is 7.05 Å². The van der Waals surface area contributed by atoms with Gasteiger partial charge in [0.25, 0.3) is 5.91 Å². The number of nitrogens with two attached hydrogens (primary N) is 1. The van der Waals surface area contributed by atoms with Crippen molar-refractivity contribution >= 4 is 22.4 Å². The summed E-state index contributed by atoms with van der Waals surface area (Å²) < 4.78 is 1.79. The van der Waals surface area contributed by atoms with E-state index in [0.29, 0.717) is 6.54 Å². The van der Waals surface area contributed by atoms with E-state index in [4.69, 9.17) is 0 Å². The molecule has 0 bridgehead atoms. The summed E-state index contributed by atoms with van der Waals surface area (Å²) in [4.78, 5) is 12.3. The molecule has 0 unspecified atom stereocenters. The Morgan fingerprint density at radius 1 is 1.20 bits per heavy atom. The average molecular weight is 337 g/mol. The second-order valence-corrected chi connectivity index (χ2v) is 6.51. The Morgan fingerprint density at radius 3 is 2.64 bits per heavy atom. The fraction of sp³-hybridized carbons (Fsp3) is 0.300. The Balaban J connectivity index is 1.67. The number of anilines is 1. The molecule has 1 aromatic heterocycles. The number of aryl methyl sites for hydroxylation is 2. The minimum absolute atomic E-state index is 0.00807. The van der Waals surface area contributed by atoms with Gasteiger partial charge in [-0.1, -0.05) is 42.5 Å². The highest BCUT2D eigenvalue weighted by molar-refractivity contribution is 5.92. The molecule has 3 aromatic rings. The molecular formula is C20H25N4O+. The van der Waals surface area contributed by atoms with Crippen LogP contribution in [-0.4, -0.2) is 22.2 Å². The molecule has 130 valence electrons. The van der Waals surface area contributed by atoms with Gasteiger partial charge in [0.2, 0.25) is 0 Å². The van der Waals surface area contributed by atoms with Crippen LogP contribution in [0.4, 0.5) is 5.69 Å². The van der Waals surface area contributed by atoms with Gasteiger partial charge in [0.05, 0.1) is 17.1 Å². The van der Waals surface area contributed by atoms with Gasteiger partial charge in [0.15, 0.2) is 6.54 Å². The van der Waals surface area contributed by atoms with Crippen LogP contribution < -0.4 is 10.6 Å². The number of quaternary nitrogens is 1. The summed E-state index contributed by atoms with van der Waals surface area (Å²) in [7, 11) is 1.88. The first kappa shape index (κ1) is 17.2. The summed E-state index contributed by atoms with van der Waals surface area (Å²) in [6.45, 7) is 6.37. The fourth-order valence-electron chi connectivity index (χ4n) is 3.20. The largest absolute Gasteiger partial charge is 0.332 e. The van der Waals surface area contributed by atoms with E-state index in [2.05, 4.69) is 59.1 Å². The number of benzene rings is 2. The van der Waals surface area contributed by atoms with Gasteiger partial charge in [0, 0.05) is 12.6 Å². The monoisotopic (exact) mass is 337 g/mol. The number of nitrogens with one attached hydrogen (secondary N) is 1. The van der Waals surface area contributed by atoms with E-state index in [1.54, 1.807) is 4.68 Å². The lowest BCUT2D eigenvalue weighted by Gasteiger charge is -2.14. The standard InChI is InChI=1S/C20H24N4O/c1-13(17-11-7-9-16-8-5-6-10-18(16)17)21-12-19(25)22-20-14(2)23-24(4)15(20)3/h5-11,13,21H,12H2,1-4H3,(H,22,25)/p+1/t13-/m0/s1. The maximum absolute atomic E-state index is 12.3. The van der Waals surface area contributed by atoms with E-state index in [-0.39, 0.29) is 11.9 Å². The molecular weight excluding hydrogens is 312 g/mol. The van der Waals surface area contributed by atoms with E-state index >= 15 is 0 Å². The Kier molecular flexibility index (Phi) is 4.86. The van der Waals surface area contributed by atoms with Gasteiger partial charge in [-0.15, -0.1) is 0 Å². The van der Waals surface area contributed by atoms with Crippen LogP contribution in [0.25, 0.3) is 10.8 Å². The highest BCUT2D eigenvalue weighted by Crippen LogP contribution is 2.22. The maximum atomic E-state index is 12.3. The molecule has 0 fully saturated rings. The van der Waals surface area contributed by atoms with Crippen molar-refractivity contribution in [3.8, 4) is 0 Å². The molecule has 1 amide bonds. The molecule has 1 atom stereocenters. The van der Waals surface area contributed by atoms with Crippen LogP contribution in [0.15, 0.2) is 42.5 Å². The second kappa shape index (κ2) is 7.07. The Morgan fingerprint density at radius 2 is 1.92 bits per heavy atom. The molecule has 1 heterocycles. The summed E-state index contributed by atoms with van der Waals surface area (Å²) in [6, 6.07) is 14.9. The molecule has 0 aliphatic rings. The summed E-state index contributed by atoms with van der Waals surface area (Å²) in [5.74, 6) is -0.00807. The molecule has 5 nitrogen and oxygen atoms in total. The van der Waals surface area contributed by atoms with Gasteiger partial charge in [-0.25, -0.2) is 0 Å². The smallest absolute Gasteiger partial charge is 0.279 e. The van der Waals surface area contributed by atoms with Crippen LogP contribution in [0.1, 0.15) is 29.9 Å². The third-order valence-corrected chi connectivity index (χ3v) is 4.74.